The second-order valence-electron chi connectivity index (χ2n) is 10.0. The van der Waals surface area contributed by atoms with Crippen LogP contribution in [-0.4, -0.2) is 63.5 Å². The Morgan fingerprint density at radius 3 is 1.92 bits per heavy atom. The average molecular weight is 687 g/mol. The molecule has 0 fully saturated rings. The number of benzene rings is 4. The standard InChI is InChI=1S/C35H34N4O11/c1-6-48-28-14-10-22(17-29(28)49-7-2)35(42)50-27-15-13-26(39(43)44)16-24(27)20-36-38-34(41)21-8-11-25(12-9-21)37-33(40)23-18-30(45-3)32(47-5)31(19-23)46-4/h8-20H,6-7H2,1-5H3,(H,37,40)(H,38,41)/b36-20+. The Kier molecular flexibility index (Phi) is 12.3. The molecule has 0 aliphatic heterocycles. The molecule has 0 radical (unpaired) electrons. The van der Waals surface area contributed by atoms with Crippen LogP contribution in [0.25, 0.3) is 0 Å². The third kappa shape index (κ3) is 8.83. The molecule has 15 heteroatoms. The predicted octanol–water partition coefficient (Wildman–Crippen LogP) is 5.65. The number of hydrogen-bond donors (Lipinski definition) is 2. The van der Waals surface area contributed by atoms with Crippen LogP contribution >= 0.6 is 0 Å². The fraction of sp³-hybridized carbons (Fsp3) is 0.200. The van der Waals surface area contributed by atoms with Crippen LogP contribution in [0.2, 0.25) is 0 Å². The van der Waals surface area contributed by atoms with E-state index in [9.17, 15) is 24.5 Å². The molecule has 0 aliphatic carbocycles. The van der Waals surface area contributed by atoms with Gasteiger partial charge in [-0.1, -0.05) is 0 Å². The van der Waals surface area contributed by atoms with Crippen LogP contribution in [-0.2, 0) is 0 Å². The summed E-state index contributed by atoms with van der Waals surface area (Å²) < 4.78 is 32.5. The van der Waals surface area contributed by atoms with Crippen LogP contribution in [0.15, 0.2) is 77.9 Å². The number of methoxy groups -OCH3 is 3. The van der Waals surface area contributed by atoms with Gasteiger partial charge in [0.25, 0.3) is 17.5 Å². The lowest BCUT2D eigenvalue weighted by molar-refractivity contribution is -0.384. The topological polar surface area (TPSA) is 186 Å². The summed E-state index contributed by atoms with van der Waals surface area (Å²) in [6.45, 7) is 4.34. The predicted molar refractivity (Wildman–Crippen MR) is 182 cm³/mol. The number of nitro groups is 1. The van der Waals surface area contributed by atoms with E-state index in [-0.39, 0.29) is 33.7 Å². The van der Waals surface area contributed by atoms with Gasteiger partial charge in [-0.15, -0.1) is 0 Å². The zero-order chi connectivity index (χ0) is 36.2. The van der Waals surface area contributed by atoms with Crippen molar-refractivity contribution in [2.24, 2.45) is 5.10 Å². The van der Waals surface area contributed by atoms with E-state index >= 15 is 0 Å². The minimum Gasteiger partial charge on any atom is -0.493 e. The summed E-state index contributed by atoms with van der Waals surface area (Å²) in [7, 11) is 4.33. The highest BCUT2D eigenvalue weighted by molar-refractivity contribution is 6.05. The molecule has 0 spiro atoms. The smallest absolute Gasteiger partial charge is 0.343 e. The number of esters is 1. The number of nitrogens with zero attached hydrogens (tertiary/aromatic N) is 2. The van der Waals surface area contributed by atoms with Gasteiger partial charge in [-0.05, 0) is 74.5 Å². The van der Waals surface area contributed by atoms with Crippen LogP contribution in [0.1, 0.15) is 50.5 Å². The van der Waals surface area contributed by atoms with Crippen molar-refractivity contribution in [3.8, 4) is 34.5 Å². The van der Waals surface area contributed by atoms with Gasteiger partial charge in [0, 0.05) is 34.5 Å². The van der Waals surface area contributed by atoms with E-state index in [4.69, 9.17) is 28.4 Å². The molecule has 0 atom stereocenters. The maximum Gasteiger partial charge on any atom is 0.343 e. The summed E-state index contributed by atoms with van der Waals surface area (Å²) in [6.07, 6.45) is 1.11. The minimum absolute atomic E-state index is 0.0439. The van der Waals surface area contributed by atoms with E-state index in [2.05, 4.69) is 15.8 Å². The van der Waals surface area contributed by atoms with Gasteiger partial charge < -0.3 is 33.7 Å². The second kappa shape index (κ2) is 17.0. The molecule has 0 aromatic heterocycles. The number of hydrogen-bond acceptors (Lipinski definition) is 12. The molecule has 15 nitrogen and oxygen atoms in total. The number of hydrazone groups is 1. The van der Waals surface area contributed by atoms with Gasteiger partial charge in [0.2, 0.25) is 5.75 Å². The van der Waals surface area contributed by atoms with E-state index in [0.717, 1.165) is 12.3 Å². The number of carbonyl (C=O) groups is 3. The lowest BCUT2D eigenvalue weighted by atomic mass is 10.1. The third-order valence-corrected chi connectivity index (χ3v) is 6.89. The Balaban J connectivity index is 1.46. The van der Waals surface area contributed by atoms with Crippen LogP contribution < -0.4 is 39.2 Å². The van der Waals surface area contributed by atoms with E-state index in [1.54, 1.807) is 13.0 Å². The molecule has 4 rings (SSSR count). The Morgan fingerprint density at radius 2 is 1.32 bits per heavy atom. The molecule has 0 unspecified atom stereocenters. The van der Waals surface area contributed by atoms with Gasteiger partial charge in [-0.2, -0.15) is 5.10 Å². The van der Waals surface area contributed by atoms with E-state index in [1.165, 1.54) is 82.0 Å². The van der Waals surface area contributed by atoms with E-state index < -0.39 is 22.7 Å². The van der Waals surface area contributed by atoms with Crippen molar-refractivity contribution < 1.29 is 47.7 Å². The number of carbonyl (C=O) groups excluding carboxylic acids is 3. The van der Waals surface area contributed by atoms with Crippen molar-refractivity contribution in [3.05, 3.63) is 105 Å². The maximum atomic E-state index is 13.0. The number of nitro benzene ring substituents is 1. The van der Waals surface area contributed by atoms with Crippen molar-refractivity contribution in [2.45, 2.75) is 13.8 Å². The summed E-state index contributed by atoms with van der Waals surface area (Å²) in [5.41, 5.74) is 3.08. The van der Waals surface area contributed by atoms with Crippen molar-refractivity contribution in [3.63, 3.8) is 0 Å². The van der Waals surface area contributed by atoms with Gasteiger partial charge in [0.15, 0.2) is 23.0 Å². The summed E-state index contributed by atoms with van der Waals surface area (Å²) in [4.78, 5) is 49.6. The summed E-state index contributed by atoms with van der Waals surface area (Å²) in [5.74, 6) is -0.121. The molecular formula is C35H34N4O11. The molecule has 0 bridgehead atoms. The summed E-state index contributed by atoms with van der Waals surface area (Å²) in [6, 6.07) is 17.1. The van der Waals surface area contributed by atoms with E-state index in [1.807, 2.05) is 6.92 Å². The number of non-ortho nitro benzene ring substituents is 1. The zero-order valence-electron chi connectivity index (χ0n) is 27.8. The molecule has 2 N–H and O–H groups in total. The van der Waals surface area contributed by atoms with Crippen molar-refractivity contribution >= 4 is 35.4 Å². The fourth-order valence-corrected chi connectivity index (χ4v) is 4.53. The van der Waals surface area contributed by atoms with Crippen molar-refractivity contribution in [1.82, 2.24) is 5.43 Å². The first-order valence-corrected chi connectivity index (χ1v) is 15.1. The molecular weight excluding hydrogens is 652 g/mol. The van der Waals surface area contributed by atoms with Crippen LogP contribution in [0.5, 0.6) is 34.5 Å². The number of amides is 2. The highest BCUT2D eigenvalue weighted by Gasteiger charge is 2.19. The quantitative estimate of drug-likeness (QED) is 0.0517. The van der Waals surface area contributed by atoms with Crippen LogP contribution in [0.4, 0.5) is 11.4 Å². The Hall–Kier alpha value is -6.64. The number of rotatable bonds is 15. The van der Waals surface area contributed by atoms with E-state index in [0.29, 0.717) is 47.6 Å². The summed E-state index contributed by atoms with van der Waals surface area (Å²) in [5, 5.41) is 18.1. The Labute approximate surface area is 286 Å². The monoisotopic (exact) mass is 686 g/mol. The van der Waals surface area contributed by atoms with Gasteiger partial charge in [-0.3, -0.25) is 19.7 Å². The zero-order valence-corrected chi connectivity index (χ0v) is 27.8. The number of anilines is 1. The first-order valence-electron chi connectivity index (χ1n) is 15.1. The fourth-order valence-electron chi connectivity index (χ4n) is 4.53. The maximum absolute atomic E-state index is 13.0. The second-order valence-corrected chi connectivity index (χ2v) is 10.0. The molecule has 0 heterocycles. The lowest BCUT2D eigenvalue weighted by Gasteiger charge is -2.14. The molecule has 0 aliphatic rings. The first kappa shape index (κ1) is 36.2. The third-order valence-electron chi connectivity index (χ3n) is 6.89. The molecule has 0 saturated heterocycles. The number of ether oxygens (including phenoxy) is 6. The van der Waals surface area contributed by atoms with Gasteiger partial charge in [0.05, 0.1) is 51.2 Å². The SMILES string of the molecule is CCOc1ccc(C(=O)Oc2ccc([N+](=O)[O-])cc2/C=N/NC(=O)c2ccc(NC(=O)c3cc(OC)c(OC)c(OC)c3)cc2)cc1OCC. The largest absolute Gasteiger partial charge is 0.493 e. The van der Waals surface area contributed by atoms with Gasteiger partial charge >= 0.3 is 5.97 Å². The molecule has 4 aromatic rings. The Morgan fingerprint density at radius 1 is 0.720 bits per heavy atom. The highest BCUT2D eigenvalue weighted by atomic mass is 16.6. The molecule has 260 valence electrons. The van der Waals surface area contributed by atoms with Gasteiger partial charge in [-0.25, -0.2) is 10.2 Å². The number of nitrogens with one attached hydrogen (secondary N) is 2. The molecule has 4 aromatic carbocycles. The van der Waals surface area contributed by atoms with Crippen LogP contribution in [0.3, 0.4) is 0 Å². The van der Waals surface area contributed by atoms with Gasteiger partial charge in [0.1, 0.15) is 5.75 Å². The Bertz CT molecular complexity index is 1880. The highest BCUT2D eigenvalue weighted by Crippen LogP contribution is 2.38. The first-order chi connectivity index (χ1) is 24.1. The molecule has 2 amide bonds. The lowest BCUT2D eigenvalue weighted by Crippen LogP contribution is -2.18. The summed E-state index contributed by atoms with van der Waals surface area (Å²) >= 11 is 0. The average Bonchev–Trinajstić information content (AvgIpc) is 3.12. The van der Waals surface area contributed by atoms with Crippen molar-refractivity contribution in [1.29, 1.82) is 0 Å². The van der Waals surface area contributed by atoms with Crippen LogP contribution in [0, 0.1) is 10.1 Å². The minimum atomic E-state index is -0.765. The normalized spacial score (nSPS) is 10.6. The molecule has 0 saturated carbocycles. The molecule has 50 heavy (non-hydrogen) atoms. The van der Waals surface area contributed by atoms with Crippen molar-refractivity contribution in [2.75, 3.05) is 39.9 Å².